The van der Waals surface area contributed by atoms with Gasteiger partial charge in [-0.25, -0.2) is 14.8 Å². The van der Waals surface area contributed by atoms with E-state index in [1.165, 1.54) is 22.7 Å². The summed E-state index contributed by atoms with van der Waals surface area (Å²) in [4.78, 5) is 37.5. The van der Waals surface area contributed by atoms with Crippen LogP contribution in [0, 0.1) is 6.92 Å². The number of aryl methyl sites for hydroxylation is 1. The monoisotopic (exact) mass is 430 g/mol. The maximum Gasteiger partial charge on any atom is 0.323 e. The zero-order valence-electron chi connectivity index (χ0n) is 16.3. The molecule has 8 nitrogen and oxygen atoms in total. The summed E-state index contributed by atoms with van der Waals surface area (Å²) in [6, 6.07) is 5.83. The number of fused-ring (bicyclic) bond motifs is 1. The second-order valence-corrected chi connectivity index (χ2v) is 8.92. The van der Waals surface area contributed by atoms with Crippen molar-refractivity contribution >= 4 is 55.1 Å². The number of hydrogen-bond acceptors (Lipinski definition) is 7. The zero-order valence-corrected chi connectivity index (χ0v) is 17.9. The van der Waals surface area contributed by atoms with Crippen LogP contribution in [0.4, 0.5) is 15.1 Å². The lowest BCUT2D eigenvalue weighted by Crippen LogP contribution is -2.48. The van der Waals surface area contributed by atoms with E-state index in [9.17, 15) is 9.59 Å². The van der Waals surface area contributed by atoms with Gasteiger partial charge in [0.2, 0.25) is 5.91 Å². The van der Waals surface area contributed by atoms with Gasteiger partial charge >= 0.3 is 6.03 Å². The Hall–Kier alpha value is -2.56. The Morgan fingerprint density at radius 1 is 1.10 bits per heavy atom. The van der Waals surface area contributed by atoms with Crippen molar-refractivity contribution < 1.29 is 9.59 Å². The van der Waals surface area contributed by atoms with Crippen molar-refractivity contribution in [1.82, 2.24) is 19.8 Å². The highest BCUT2D eigenvalue weighted by Gasteiger charge is 2.20. The number of aromatic nitrogens is 2. The third-order valence-electron chi connectivity index (χ3n) is 4.76. The topological polar surface area (TPSA) is 90.5 Å². The molecule has 0 saturated carbocycles. The van der Waals surface area contributed by atoms with Crippen molar-refractivity contribution in [2.45, 2.75) is 13.3 Å². The van der Waals surface area contributed by atoms with Gasteiger partial charge < -0.3 is 15.1 Å². The third kappa shape index (κ3) is 4.72. The molecule has 1 aliphatic rings. The van der Waals surface area contributed by atoms with Crippen LogP contribution >= 0.6 is 22.7 Å². The molecule has 2 aromatic heterocycles. The Bertz CT molecular complexity index is 1040. The first kappa shape index (κ1) is 19.7. The fraction of sp³-hybridized carbons (Fsp3) is 0.368. The fourth-order valence-electron chi connectivity index (χ4n) is 3.09. The van der Waals surface area contributed by atoms with Crippen LogP contribution in [0.3, 0.4) is 0 Å². The van der Waals surface area contributed by atoms with Gasteiger partial charge in [0.25, 0.3) is 0 Å². The molecule has 29 heavy (non-hydrogen) atoms. The van der Waals surface area contributed by atoms with E-state index in [4.69, 9.17) is 0 Å². The number of amides is 3. The minimum absolute atomic E-state index is 0.135. The molecule has 1 fully saturated rings. The van der Waals surface area contributed by atoms with E-state index in [2.05, 4.69) is 25.5 Å². The number of carbonyl (C=O) groups excluding carboxylic acids is 2. The third-order valence-corrected chi connectivity index (χ3v) is 6.51. The number of likely N-dealkylation sites (N-methyl/N-ethyl adjacent to an activating group) is 1. The van der Waals surface area contributed by atoms with E-state index in [1.54, 1.807) is 10.3 Å². The lowest BCUT2D eigenvalue weighted by molar-refractivity contribution is -0.115. The Labute approximate surface area is 176 Å². The number of piperazine rings is 1. The second-order valence-electron chi connectivity index (χ2n) is 7.03. The van der Waals surface area contributed by atoms with Crippen LogP contribution in [0.1, 0.15) is 11.3 Å². The number of thiazole rings is 2. The molecule has 0 atom stereocenters. The summed E-state index contributed by atoms with van der Waals surface area (Å²) in [5.41, 5.74) is 2.62. The average Bonchev–Trinajstić information content (AvgIpc) is 3.29. The van der Waals surface area contributed by atoms with Gasteiger partial charge in [-0.15, -0.1) is 11.3 Å². The van der Waals surface area contributed by atoms with Crippen LogP contribution in [-0.2, 0) is 11.2 Å². The van der Waals surface area contributed by atoms with Crippen molar-refractivity contribution in [2.24, 2.45) is 0 Å². The Balaban J connectivity index is 1.32. The molecule has 3 aromatic rings. The summed E-state index contributed by atoms with van der Waals surface area (Å²) in [5, 5.41) is 8.56. The molecule has 1 aromatic carbocycles. The second kappa shape index (κ2) is 8.44. The first-order valence-electron chi connectivity index (χ1n) is 9.33. The van der Waals surface area contributed by atoms with Crippen molar-refractivity contribution in [3.05, 3.63) is 34.8 Å². The van der Waals surface area contributed by atoms with Crippen LogP contribution in [0.2, 0.25) is 0 Å². The number of urea groups is 1. The highest BCUT2D eigenvalue weighted by Crippen LogP contribution is 2.28. The van der Waals surface area contributed by atoms with E-state index < -0.39 is 0 Å². The minimum Gasteiger partial charge on any atom is -0.322 e. The number of rotatable bonds is 4. The van der Waals surface area contributed by atoms with Gasteiger partial charge in [0, 0.05) is 31.6 Å². The number of benzene rings is 1. The van der Waals surface area contributed by atoms with Gasteiger partial charge in [-0.2, -0.15) is 0 Å². The Morgan fingerprint density at radius 3 is 2.66 bits per heavy atom. The summed E-state index contributed by atoms with van der Waals surface area (Å²) < 4.78 is 1.04. The highest BCUT2D eigenvalue weighted by atomic mass is 32.1. The Kier molecular flexibility index (Phi) is 5.74. The van der Waals surface area contributed by atoms with Crippen LogP contribution in [0.25, 0.3) is 10.2 Å². The minimum atomic E-state index is -0.177. The number of carbonyl (C=O) groups is 2. The molecule has 3 amide bonds. The van der Waals surface area contributed by atoms with Crippen molar-refractivity contribution in [1.29, 1.82) is 0 Å². The number of para-hydroxylation sites is 1. The lowest BCUT2D eigenvalue weighted by atomic mass is 10.2. The van der Waals surface area contributed by atoms with Gasteiger partial charge in [-0.3, -0.25) is 10.1 Å². The zero-order chi connectivity index (χ0) is 20.4. The number of anilines is 2. The molecule has 3 heterocycles. The molecule has 0 spiro atoms. The van der Waals surface area contributed by atoms with Crippen LogP contribution in [-0.4, -0.2) is 64.9 Å². The molecule has 10 heteroatoms. The van der Waals surface area contributed by atoms with Gasteiger partial charge in [-0.1, -0.05) is 23.5 Å². The van der Waals surface area contributed by atoms with E-state index >= 15 is 0 Å². The lowest BCUT2D eigenvalue weighted by Gasteiger charge is -2.32. The van der Waals surface area contributed by atoms with Crippen LogP contribution in [0.15, 0.2) is 23.6 Å². The predicted molar refractivity (Wildman–Crippen MR) is 117 cm³/mol. The highest BCUT2D eigenvalue weighted by molar-refractivity contribution is 7.22. The largest absolute Gasteiger partial charge is 0.323 e. The standard InChI is InChI=1S/C19H22N6O2S2/c1-12-4-3-5-14-16(12)22-18(29-14)21-15(26)10-13-11-28-17(20-13)23-19(27)25-8-6-24(2)7-9-25/h3-5,11H,6-10H2,1-2H3,(H,20,23,27)(H,21,22,26). The fourth-order valence-corrected chi connectivity index (χ4v) is 4.75. The summed E-state index contributed by atoms with van der Waals surface area (Å²) in [7, 11) is 2.04. The molecule has 0 bridgehead atoms. The molecule has 152 valence electrons. The maximum absolute atomic E-state index is 12.4. The molecule has 1 aliphatic heterocycles. The number of hydrogen-bond donors (Lipinski definition) is 2. The summed E-state index contributed by atoms with van der Waals surface area (Å²) in [5.74, 6) is -0.177. The Morgan fingerprint density at radius 2 is 1.90 bits per heavy atom. The molecule has 1 saturated heterocycles. The molecule has 0 aliphatic carbocycles. The SMILES string of the molecule is Cc1cccc2sc(NC(=O)Cc3csc(NC(=O)N4CCN(C)CC4)n3)nc12. The van der Waals surface area contributed by atoms with E-state index in [0.29, 0.717) is 29.0 Å². The predicted octanol–water partition coefficient (Wildman–Crippen LogP) is 3.02. The molecule has 0 radical (unpaired) electrons. The normalized spacial score (nSPS) is 14.9. The van der Waals surface area contributed by atoms with Gasteiger partial charge in [0.15, 0.2) is 10.3 Å². The van der Waals surface area contributed by atoms with Crippen molar-refractivity contribution in [2.75, 3.05) is 43.9 Å². The smallest absolute Gasteiger partial charge is 0.322 e. The van der Waals surface area contributed by atoms with Crippen molar-refractivity contribution in [3.8, 4) is 0 Å². The van der Waals surface area contributed by atoms with Crippen molar-refractivity contribution in [3.63, 3.8) is 0 Å². The maximum atomic E-state index is 12.4. The first-order chi connectivity index (χ1) is 14.0. The molecule has 4 rings (SSSR count). The molecule has 0 unspecified atom stereocenters. The van der Waals surface area contributed by atoms with Gasteiger partial charge in [-0.05, 0) is 25.6 Å². The van der Waals surface area contributed by atoms with E-state index in [-0.39, 0.29) is 18.4 Å². The van der Waals surface area contributed by atoms with Gasteiger partial charge in [0.05, 0.1) is 22.3 Å². The number of nitrogens with one attached hydrogen (secondary N) is 2. The van der Waals surface area contributed by atoms with Crippen LogP contribution in [0.5, 0.6) is 0 Å². The summed E-state index contributed by atoms with van der Waals surface area (Å²) in [6.45, 7) is 5.13. The van der Waals surface area contributed by atoms with Gasteiger partial charge in [0.1, 0.15) is 0 Å². The first-order valence-corrected chi connectivity index (χ1v) is 11.0. The quantitative estimate of drug-likeness (QED) is 0.664. The number of nitrogens with zero attached hydrogens (tertiary/aromatic N) is 4. The van der Waals surface area contributed by atoms with Crippen LogP contribution < -0.4 is 10.6 Å². The molecular weight excluding hydrogens is 408 g/mol. The molecular formula is C19H22N6O2S2. The molecule has 2 N–H and O–H groups in total. The van der Waals surface area contributed by atoms with E-state index in [1.807, 2.05) is 32.2 Å². The summed E-state index contributed by atoms with van der Waals surface area (Å²) >= 11 is 2.78. The van der Waals surface area contributed by atoms with E-state index in [0.717, 1.165) is 28.9 Å². The average molecular weight is 431 g/mol. The summed E-state index contributed by atoms with van der Waals surface area (Å²) in [6.07, 6.45) is 0.135.